The van der Waals surface area contributed by atoms with Crippen LogP contribution in [0.2, 0.25) is 0 Å². The molecular formula is C11H19N3S. The standard InChI is InChI=1S/C11H19N3S/c1-4-6-14(3)8-10-9-15-11(13-10)7-12-5-2/h4,9,12H,1,5-8H2,2-3H3. The van der Waals surface area contributed by atoms with E-state index in [1.807, 2.05) is 6.08 Å². The van der Waals surface area contributed by atoms with Gasteiger partial charge in [0, 0.05) is 25.0 Å². The SMILES string of the molecule is C=CCN(C)Cc1csc(CNCC)n1. The lowest BCUT2D eigenvalue weighted by Crippen LogP contribution is -2.17. The third kappa shape index (κ3) is 4.55. The van der Waals surface area contributed by atoms with Crippen LogP contribution in [0.25, 0.3) is 0 Å². The highest BCUT2D eigenvalue weighted by Gasteiger charge is 2.03. The Hall–Kier alpha value is -0.710. The zero-order valence-corrected chi connectivity index (χ0v) is 10.3. The number of hydrogen-bond donors (Lipinski definition) is 1. The van der Waals surface area contributed by atoms with Gasteiger partial charge in [-0.05, 0) is 13.6 Å². The van der Waals surface area contributed by atoms with E-state index >= 15 is 0 Å². The summed E-state index contributed by atoms with van der Waals surface area (Å²) in [7, 11) is 2.07. The van der Waals surface area contributed by atoms with E-state index in [0.717, 1.165) is 31.9 Å². The van der Waals surface area contributed by atoms with Crippen LogP contribution in [-0.4, -0.2) is 30.0 Å². The maximum atomic E-state index is 4.55. The summed E-state index contributed by atoms with van der Waals surface area (Å²) >= 11 is 1.72. The fraction of sp³-hybridized carbons (Fsp3) is 0.545. The first-order valence-electron chi connectivity index (χ1n) is 5.19. The van der Waals surface area contributed by atoms with Gasteiger partial charge >= 0.3 is 0 Å². The lowest BCUT2D eigenvalue weighted by molar-refractivity contribution is 0.359. The van der Waals surface area contributed by atoms with Crippen LogP contribution in [0, 0.1) is 0 Å². The molecule has 0 aliphatic carbocycles. The van der Waals surface area contributed by atoms with Gasteiger partial charge in [0.25, 0.3) is 0 Å². The first kappa shape index (κ1) is 12.4. The molecule has 0 amide bonds. The summed E-state index contributed by atoms with van der Waals surface area (Å²) in [5.41, 5.74) is 1.15. The maximum absolute atomic E-state index is 4.55. The molecule has 84 valence electrons. The van der Waals surface area contributed by atoms with Crippen molar-refractivity contribution >= 4 is 11.3 Å². The smallest absolute Gasteiger partial charge is 0.107 e. The molecule has 0 aromatic carbocycles. The second-order valence-corrected chi connectivity index (χ2v) is 4.44. The Morgan fingerprint density at radius 3 is 3.13 bits per heavy atom. The number of nitrogens with one attached hydrogen (secondary N) is 1. The van der Waals surface area contributed by atoms with Gasteiger partial charge in [0.05, 0.1) is 5.69 Å². The molecule has 0 fully saturated rings. The average Bonchev–Trinajstić information content (AvgIpc) is 2.63. The molecule has 0 spiro atoms. The van der Waals surface area contributed by atoms with Crippen molar-refractivity contribution in [2.24, 2.45) is 0 Å². The number of rotatable bonds is 7. The van der Waals surface area contributed by atoms with Crippen molar-refractivity contribution in [1.82, 2.24) is 15.2 Å². The summed E-state index contributed by atoms with van der Waals surface area (Å²) in [6, 6.07) is 0. The minimum Gasteiger partial charge on any atom is -0.311 e. The van der Waals surface area contributed by atoms with Crippen LogP contribution in [0.3, 0.4) is 0 Å². The van der Waals surface area contributed by atoms with Crippen molar-refractivity contribution < 1.29 is 0 Å². The number of thiazole rings is 1. The van der Waals surface area contributed by atoms with Crippen LogP contribution in [-0.2, 0) is 13.1 Å². The van der Waals surface area contributed by atoms with Crippen LogP contribution in [0.4, 0.5) is 0 Å². The van der Waals surface area contributed by atoms with Gasteiger partial charge in [-0.25, -0.2) is 4.98 Å². The molecule has 0 aliphatic rings. The summed E-state index contributed by atoms with van der Waals surface area (Å²) in [5.74, 6) is 0. The number of aromatic nitrogens is 1. The third-order valence-electron chi connectivity index (χ3n) is 2.00. The fourth-order valence-corrected chi connectivity index (χ4v) is 2.05. The van der Waals surface area contributed by atoms with Crippen molar-refractivity contribution in [3.63, 3.8) is 0 Å². The van der Waals surface area contributed by atoms with Crippen molar-refractivity contribution in [1.29, 1.82) is 0 Å². The maximum Gasteiger partial charge on any atom is 0.107 e. The Labute approximate surface area is 95.8 Å². The van der Waals surface area contributed by atoms with Crippen molar-refractivity contribution in [3.8, 4) is 0 Å². The Morgan fingerprint density at radius 2 is 2.47 bits per heavy atom. The summed E-state index contributed by atoms with van der Waals surface area (Å²) in [5, 5.41) is 6.57. The van der Waals surface area contributed by atoms with E-state index in [0.29, 0.717) is 0 Å². The quantitative estimate of drug-likeness (QED) is 0.718. The molecule has 0 saturated carbocycles. The first-order chi connectivity index (χ1) is 7.26. The van der Waals surface area contributed by atoms with Crippen LogP contribution in [0.1, 0.15) is 17.6 Å². The van der Waals surface area contributed by atoms with Crippen LogP contribution >= 0.6 is 11.3 Å². The lowest BCUT2D eigenvalue weighted by Gasteiger charge is -2.11. The molecule has 1 heterocycles. The molecule has 4 heteroatoms. The molecule has 0 saturated heterocycles. The van der Waals surface area contributed by atoms with Crippen LogP contribution in [0.15, 0.2) is 18.0 Å². The van der Waals surface area contributed by atoms with E-state index in [1.54, 1.807) is 11.3 Å². The minimum absolute atomic E-state index is 0.881. The summed E-state index contributed by atoms with van der Waals surface area (Å²) in [6.45, 7) is 9.50. The molecule has 3 nitrogen and oxygen atoms in total. The summed E-state index contributed by atoms with van der Waals surface area (Å²) in [6.07, 6.45) is 1.91. The number of likely N-dealkylation sites (N-methyl/N-ethyl adjacent to an activating group) is 1. The molecule has 1 N–H and O–H groups in total. The van der Waals surface area contributed by atoms with Gasteiger partial charge in [0.15, 0.2) is 0 Å². The van der Waals surface area contributed by atoms with Crippen LogP contribution < -0.4 is 5.32 Å². The van der Waals surface area contributed by atoms with E-state index in [2.05, 4.69) is 41.1 Å². The van der Waals surface area contributed by atoms with Gasteiger partial charge in [0.1, 0.15) is 5.01 Å². The highest BCUT2D eigenvalue weighted by Crippen LogP contribution is 2.10. The molecule has 15 heavy (non-hydrogen) atoms. The molecule has 1 aromatic heterocycles. The van der Waals surface area contributed by atoms with Gasteiger partial charge in [-0.1, -0.05) is 13.0 Å². The molecule has 0 unspecified atom stereocenters. The van der Waals surface area contributed by atoms with Crippen molar-refractivity contribution in [2.45, 2.75) is 20.0 Å². The Bertz CT molecular complexity index is 296. The van der Waals surface area contributed by atoms with E-state index < -0.39 is 0 Å². The average molecular weight is 225 g/mol. The van der Waals surface area contributed by atoms with Crippen molar-refractivity contribution in [2.75, 3.05) is 20.1 Å². The monoisotopic (exact) mass is 225 g/mol. The minimum atomic E-state index is 0.881. The number of nitrogens with zero attached hydrogens (tertiary/aromatic N) is 2. The van der Waals surface area contributed by atoms with Gasteiger partial charge in [-0.15, -0.1) is 17.9 Å². The second-order valence-electron chi connectivity index (χ2n) is 3.50. The highest BCUT2D eigenvalue weighted by atomic mass is 32.1. The van der Waals surface area contributed by atoms with Crippen LogP contribution in [0.5, 0.6) is 0 Å². The normalized spacial score (nSPS) is 10.9. The van der Waals surface area contributed by atoms with E-state index in [4.69, 9.17) is 0 Å². The Morgan fingerprint density at radius 1 is 1.67 bits per heavy atom. The molecular weight excluding hydrogens is 206 g/mol. The predicted octanol–water partition coefficient (Wildman–Crippen LogP) is 1.87. The largest absolute Gasteiger partial charge is 0.311 e. The Balaban J connectivity index is 2.41. The fourth-order valence-electron chi connectivity index (χ4n) is 1.30. The number of hydrogen-bond acceptors (Lipinski definition) is 4. The zero-order valence-electron chi connectivity index (χ0n) is 9.49. The molecule has 0 atom stereocenters. The van der Waals surface area contributed by atoms with Gasteiger partial charge < -0.3 is 5.32 Å². The van der Waals surface area contributed by atoms with Gasteiger partial charge in [-0.3, -0.25) is 4.90 Å². The first-order valence-corrected chi connectivity index (χ1v) is 6.07. The van der Waals surface area contributed by atoms with Crippen molar-refractivity contribution in [3.05, 3.63) is 28.7 Å². The summed E-state index contributed by atoms with van der Waals surface area (Å²) in [4.78, 5) is 6.74. The van der Waals surface area contributed by atoms with Gasteiger partial charge in [-0.2, -0.15) is 0 Å². The molecule has 0 bridgehead atoms. The van der Waals surface area contributed by atoms with E-state index in [-0.39, 0.29) is 0 Å². The second kappa shape index (κ2) is 6.71. The molecule has 0 radical (unpaired) electrons. The third-order valence-corrected chi connectivity index (χ3v) is 2.90. The summed E-state index contributed by atoms with van der Waals surface area (Å²) < 4.78 is 0. The molecule has 0 aliphatic heterocycles. The molecule has 1 rings (SSSR count). The topological polar surface area (TPSA) is 28.2 Å². The van der Waals surface area contributed by atoms with E-state index in [1.165, 1.54) is 5.01 Å². The highest BCUT2D eigenvalue weighted by molar-refractivity contribution is 7.09. The van der Waals surface area contributed by atoms with E-state index in [9.17, 15) is 0 Å². The molecule has 1 aromatic rings. The lowest BCUT2D eigenvalue weighted by atomic mass is 10.4. The Kier molecular flexibility index (Phi) is 5.53. The predicted molar refractivity (Wildman–Crippen MR) is 66.0 cm³/mol. The van der Waals surface area contributed by atoms with Gasteiger partial charge in [0.2, 0.25) is 0 Å². The zero-order chi connectivity index (χ0) is 11.1.